The first-order chi connectivity index (χ1) is 10.4. The minimum atomic E-state index is 0.123. The first kappa shape index (κ1) is 19.0. The molecule has 0 saturated carbocycles. The fourth-order valence-corrected chi connectivity index (χ4v) is 2.46. The Balaban J connectivity index is 2.29. The lowest BCUT2D eigenvalue weighted by Crippen LogP contribution is -2.84. The van der Waals surface area contributed by atoms with Crippen LogP contribution in [0.1, 0.15) is 51.2 Å². The molecular weight excluding hydrogens is 274 g/mol. The molecule has 0 atom stereocenters. The van der Waals surface area contributed by atoms with Gasteiger partial charge in [-0.1, -0.05) is 32.9 Å². The number of unbranched alkanes of at least 4 members (excludes halogenated alkanes) is 1. The maximum absolute atomic E-state index is 6.06. The Morgan fingerprint density at radius 2 is 1.73 bits per heavy atom. The molecule has 1 aromatic rings. The average Bonchev–Trinajstić information content (AvgIpc) is 2.44. The number of ether oxygens (including phenoxy) is 2. The number of benzene rings is 1. The predicted molar refractivity (Wildman–Crippen MR) is 92.8 cm³/mol. The van der Waals surface area contributed by atoms with Crippen molar-refractivity contribution in [3.05, 3.63) is 29.3 Å². The molecule has 0 spiro atoms. The molecule has 3 heteroatoms. The van der Waals surface area contributed by atoms with Gasteiger partial charge in [-0.2, -0.15) is 0 Å². The summed E-state index contributed by atoms with van der Waals surface area (Å²) in [5.74, 6) is 1.05. The summed E-state index contributed by atoms with van der Waals surface area (Å²) in [7, 11) is 1.76. The summed E-state index contributed by atoms with van der Waals surface area (Å²) < 4.78 is 11.1. The number of methoxy groups -OCH3 is 1. The van der Waals surface area contributed by atoms with Gasteiger partial charge in [-0.05, 0) is 42.4 Å². The first-order valence-corrected chi connectivity index (χ1v) is 8.49. The third-order valence-corrected chi connectivity index (χ3v) is 3.76. The molecule has 0 aromatic heterocycles. The van der Waals surface area contributed by atoms with Crippen LogP contribution in [-0.2, 0) is 10.2 Å². The van der Waals surface area contributed by atoms with E-state index in [1.807, 2.05) is 0 Å². The van der Waals surface area contributed by atoms with Crippen LogP contribution in [0, 0.1) is 6.92 Å². The van der Waals surface area contributed by atoms with Crippen LogP contribution in [0.25, 0.3) is 0 Å². The Bertz CT molecular complexity index is 424. The van der Waals surface area contributed by atoms with E-state index in [0.717, 1.165) is 38.3 Å². The first-order valence-electron chi connectivity index (χ1n) is 8.49. The van der Waals surface area contributed by atoms with Crippen LogP contribution in [0.5, 0.6) is 5.75 Å². The summed E-state index contributed by atoms with van der Waals surface area (Å²) in [6.07, 6.45) is 3.44. The molecule has 0 unspecified atom stereocenters. The fraction of sp³-hybridized carbons (Fsp3) is 0.684. The van der Waals surface area contributed by atoms with Gasteiger partial charge in [-0.15, -0.1) is 0 Å². The quantitative estimate of drug-likeness (QED) is 0.674. The second-order valence-electron chi connectivity index (χ2n) is 7.02. The lowest BCUT2D eigenvalue weighted by atomic mass is 9.86. The zero-order valence-electron chi connectivity index (χ0n) is 15.1. The van der Waals surface area contributed by atoms with Crippen molar-refractivity contribution in [3.8, 4) is 5.75 Å². The highest BCUT2D eigenvalue weighted by Gasteiger charge is 2.18. The van der Waals surface area contributed by atoms with Gasteiger partial charge in [0.2, 0.25) is 0 Å². The molecule has 0 aliphatic heterocycles. The predicted octanol–water partition coefficient (Wildman–Crippen LogP) is 3.05. The summed E-state index contributed by atoms with van der Waals surface area (Å²) in [4.78, 5) is 0. The number of rotatable bonds is 10. The van der Waals surface area contributed by atoms with Crippen LogP contribution in [0.2, 0.25) is 0 Å². The van der Waals surface area contributed by atoms with E-state index in [-0.39, 0.29) is 5.41 Å². The molecule has 0 bridgehead atoms. The van der Waals surface area contributed by atoms with Gasteiger partial charge in [0.05, 0.1) is 26.3 Å². The Labute approximate surface area is 136 Å². The van der Waals surface area contributed by atoms with E-state index in [1.54, 1.807) is 7.11 Å². The highest BCUT2D eigenvalue weighted by atomic mass is 16.5. The van der Waals surface area contributed by atoms with Crippen molar-refractivity contribution < 1.29 is 14.8 Å². The number of hydrogen-bond acceptors (Lipinski definition) is 2. The smallest absolute Gasteiger partial charge is 0.123 e. The van der Waals surface area contributed by atoms with E-state index in [1.165, 1.54) is 24.1 Å². The molecular formula is C19H34NO2+. The van der Waals surface area contributed by atoms with Crippen molar-refractivity contribution in [2.45, 2.75) is 52.4 Å². The van der Waals surface area contributed by atoms with Gasteiger partial charge in [0, 0.05) is 13.5 Å². The van der Waals surface area contributed by atoms with Crippen LogP contribution in [0.3, 0.4) is 0 Å². The van der Waals surface area contributed by atoms with Crippen molar-refractivity contribution in [1.82, 2.24) is 0 Å². The Hall–Kier alpha value is -1.06. The second-order valence-corrected chi connectivity index (χ2v) is 7.02. The van der Waals surface area contributed by atoms with Gasteiger partial charge in [0.1, 0.15) is 5.75 Å². The van der Waals surface area contributed by atoms with Crippen molar-refractivity contribution >= 4 is 0 Å². The van der Waals surface area contributed by atoms with Gasteiger partial charge in [-0.3, -0.25) is 0 Å². The third-order valence-electron chi connectivity index (χ3n) is 3.76. The van der Waals surface area contributed by atoms with E-state index in [2.05, 4.69) is 51.2 Å². The third kappa shape index (κ3) is 7.28. The monoisotopic (exact) mass is 308 g/mol. The van der Waals surface area contributed by atoms with Crippen molar-refractivity contribution in [1.29, 1.82) is 0 Å². The summed E-state index contributed by atoms with van der Waals surface area (Å²) in [5, 5.41) is 2.37. The maximum atomic E-state index is 6.06. The molecule has 2 N–H and O–H groups in total. The second kappa shape index (κ2) is 9.86. The Morgan fingerprint density at radius 3 is 2.41 bits per heavy atom. The van der Waals surface area contributed by atoms with Crippen LogP contribution < -0.4 is 10.1 Å². The highest BCUT2D eigenvalue weighted by Crippen LogP contribution is 2.32. The zero-order valence-corrected chi connectivity index (χ0v) is 15.1. The number of nitrogens with two attached hydrogens (primary N) is 1. The van der Waals surface area contributed by atoms with Gasteiger partial charge in [0.25, 0.3) is 0 Å². The minimum absolute atomic E-state index is 0.123. The topological polar surface area (TPSA) is 35.1 Å². The van der Waals surface area contributed by atoms with E-state index < -0.39 is 0 Å². The Kier molecular flexibility index (Phi) is 8.51. The molecule has 0 aliphatic carbocycles. The van der Waals surface area contributed by atoms with Crippen LogP contribution in [0.4, 0.5) is 0 Å². The molecule has 0 radical (unpaired) electrons. The minimum Gasteiger partial charge on any atom is -0.493 e. The maximum Gasteiger partial charge on any atom is 0.123 e. The molecule has 1 aromatic carbocycles. The lowest BCUT2D eigenvalue weighted by molar-refractivity contribution is -0.655. The molecule has 0 saturated heterocycles. The molecule has 0 heterocycles. The molecule has 22 heavy (non-hydrogen) atoms. The van der Waals surface area contributed by atoms with E-state index in [9.17, 15) is 0 Å². The number of hydrogen-bond donors (Lipinski definition) is 1. The molecule has 126 valence electrons. The summed E-state index contributed by atoms with van der Waals surface area (Å²) in [5.41, 5.74) is 2.68. The van der Waals surface area contributed by atoms with Crippen molar-refractivity contribution in [2.75, 3.05) is 33.4 Å². The summed E-state index contributed by atoms with van der Waals surface area (Å²) >= 11 is 0. The van der Waals surface area contributed by atoms with E-state index in [0.29, 0.717) is 0 Å². The highest BCUT2D eigenvalue weighted by molar-refractivity contribution is 5.41. The molecule has 0 fully saturated rings. The number of aryl methyl sites for hydroxylation is 1. The van der Waals surface area contributed by atoms with Crippen LogP contribution in [-0.4, -0.2) is 33.4 Å². The van der Waals surface area contributed by atoms with E-state index >= 15 is 0 Å². The van der Waals surface area contributed by atoms with Gasteiger partial charge in [0.15, 0.2) is 0 Å². The SMILES string of the molecule is COCCC[NH2+]CCCCOc1cc(C)ccc1C(C)(C)C. The van der Waals surface area contributed by atoms with Gasteiger partial charge < -0.3 is 14.8 Å². The normalized spacial score (nSPS) is 11.7. The summed E-state index contributed by atoms with van der Waals surface area (Å²) in [6, 6.07) is 6.54. The van der Waals surface area contributed by atoms with Crippen molar-refractivity contribution in [2.24, 2.45) is 0 Å². The molecule has 0 aliphatic rings. The zero-order chi connectivity index (χ0) is 16.4. The summed E-state index contributed by atoms with van der Waals surface area (Å²) in [6.45, 7) is 12.8. The standard InChI is InChI=1S/C19H33NO2/c1-16-9-10-17(19(2,3)4)18(15-16)22-14-7-6-11-20-12-8-13-21-5/h9-10,15,20H,6-8,11-14H2,1-5H3/p+1. The molecule has 1 rings (SSSR count). The van der Waals surface area contributed by atoms with E-state index in [4.69, 9.17) is 9.47 Å². The fourth-order valence-electron chi connectivity index (χ4n) is 2.46. The number of quaternary nitrogens is 1. The molecule has 0 amide bonds. The van der Waals surface area contributed by atoms with Gasteiger partial charge >= 0.3 is 0 Å². The average molecular weight is 308 g/mol. The van der Waals surface area contributed by atoms with Gasteiger partial charge in [-0.25, -0.2) is 0 Å². The largest absolute Gasteiger partial charge is 0.493 e. The van der Waals surface area contributed by atoms with Crippen LogP contribution >= 0.6 is 0 Å². The lowest BCUT2D eigenvalue weighted by Gasteiger charge is -2.23. The van der Waals surface area contributed by atoms with Crippen molar-refractivity contribution in [3.63, 3.8) is 0 Å². The molecule has 3 nitrogen and oxygen atoms in total. The Morgan fingerprint density at radius 1 is 1.00 bits per heavy atom. The van der Waals surface area contributed by atoms with Crippen LogP contribution in [0.15, 0.2) is 18.2 Å².